The topological polar surface area (TPSA) is 38.1 Å². The van der Waals surface area contributed by atoms with E-state index in [9.17, 15) is 4.79 Å². The van der Waals surface area contributed by atoms with Gasteiger partial charge >= 0.3 is 0 Å². The van der Waals surface area contributed by atoms with Gasteiger partial charge in [-0.05, 0) is 11.1 Å². The number of nitrogens with zero attached hydrogens (tertiary/aromatic N) is 3. The van der Waals surface area contributed by atoms with Crippen molar-refractivity contribution in [1.29, 1.82) is 0 Å². The molecule has 128 valence electrons. The zero-order chi connectivity index (χ0) is 17.6. The summed E-state index contributed by atoms with van der Waals surface area (Å²) in [7, 11) is 3.80. The fourth-order valence-corrected chi connectivity index (χ4v) is 3.63. The largest absolute Gasteiger partial charge is 0.334 e. The first kappa shape index (κ1) is 17.3. The van der Waals surface area contributed by atoms with Crippen LogP contribution in [0.1, 0.15) is 17.2 Å². The Morgan fingerprint density at radius 2 is 1.64 bits per heavy atom. The van der Waals surface area contributed by atoms with E-state index in [1.807, 2.05) is 66.2 Å². The number of rotatable bonds is 6. The number of aromatic nitrogens is 2. The van der Waals surface area contributed by atoms with Crippen molar-refractivity contribution in [2.45, 2.75) is 11.2 Å². The molecule has 0 radical (unpaired) electrons. The van der Waals surface area contributed by atoms with Crippen LogP contribution in [0.2, 0.25) is 0 Å². The van der Waals surface area contributed by atoms with Crippen LogP contribution in [0.4, 0.5) is 0 Å². The molecule has 1 amide bonds. The summed E-state index contributed by atoms with van der Waals surface area (Å²) < 4.78 is 1.92. The number of carbonyl (C=O) groups excluding carboxylic acids is 1. The second-order valence-corrected chi connectivity index (χ2v) is 6.78. The lowest BCUT2D eigenvalue weighted by Crippen LogP contribution is -2.33. The molecule has 1 aromatic heterocycles. The molecule has 0 spiro atoms. The van der Waals surface area contributed by atoms with Crippen LogP contribution in [0, 0.1) is 0 Å². The summed E-state index contributed by atoms with van der Waals surface area (Å²) in [5.74, 6) is 0.433. The second kappa shape index (κ2) is 8.03. The molecule has 3 rings (SSSR count). The average Bonchev–Trinajstić information content (AvgIpc) is 3.06. The summed E-state index contributed by atoms with van der Waals surface area (Å²) in [5, 5.41) is 0.845. The predicted octanol–water partition coefficient (Wildman–Crippen LogP) is 3.76. The van der Waals surface area contributed by atoms with Gasteiger partial charge in [0.25, 0.3) is 0 Å². The van der Waals surface area contributed by atoms with Crippen molar-refractivity contribution in [3.8, 4) is 0 Å². The molecule has 0 saturated heterocycles. The molecule has 0 aliphatic rings. The highest BCUT2D eigenvalue weighted by Crippen LogP contribution is 2.28. The molecule has 0 aliphatic heterocycles. The van der Waals surface area contributed by atoms with Crippen molar-refractivity contribution in [2.75, 3.05) is 12.8 Å². The fraction of sp³-hybridized carbons (Fsp3) is 0.200. The summed E-state index contributed by atoms with van der Waals surface area (Å²) in [5.41, 5.74) is 2.21. The highest BCUT2D eigenvalue weighted by molar-refractivity contribution is 7.99. The Hall–Kier alpha value is -2.53. The summed E-state index contributed by atoms with van der Waals surface area (Å²) in [6.45, 7) is 0. The lowest BCUT2D eigenvalue weighted by molar-refractivity contribution is -0.128. The van der Waals surface area contributed by atoms with Crippen LogP contribution in [0.3, 0.4) is 0 Å². The number of aryl methyl sites for hydroxylation is 1. The highest BCUT2D eigenvalue weighted by atomic mass is 32.2. The number of hydrogen-bond donors (Lipinski definition) is 0. The molecule has 0 aliphatic carbocycles. The van der Waals surface area contributed by atoms with E-state index < -0.39 is 0 Å². The maximum atomic E-state index is 12.8. The highest BCUT2D eigenvalue weighted by Gasteiger charge is 2.23. The zero-order valence-electron chi connectivity index (χ0n) is 14.4. The van der Waals surface area contributed by atoms with Crippen LogP contribution < -0.4 is 0 Å². The van der Waals surface area contributed by atoms with Gasteiger partial charge in [-0.1, -0.05) is 72.4 Å². The van der Waals surface area contributed by atoms with E-state index in [0.717, 1.165) is 16.3 Å². The molecule has 0 fully saturated rings. The third kappa shape index (κ3) is 4.12. The van der Waals surface area contributed by atoms with Crippen molar-refractivity contribution >= 4 is 17.7 Å². The van der Waals surface area contributed by atoms with Crippen LogP contribution in [0.15, 0.2) is 78.2 Å². The number of benzene rings is 2. The van der Waals surface area contributed by atoms with Crippen LogP contribution in [0.25, 0.3) is 0 Å². The van der Waals surface area contributed by atoms with Gasteiger partial charge in [-0.3, -0.25) is 4.79 Å². The van der Waals surface area contributed by atoms with Gasteiger partial charge in [0.15, 0.2) is 5.16 Å². The summed E-state index contributed by atoms with van der Waals surface area (Å²) >= 11 is 1.46. The Morgan fingerprint density at radius 3 is 2.12 bits per heavy atom. The van der Waals surface area contributed by atoms with Crippen LogP contribution >= 0.6 is 11.8 Å². The first-order valence-electron chi connectivity index (χ1n) is 8.12. The fourth-order valence-electron chi connectivity index (χ4n) is 2.77. The van der Waals surface area contributed by atoms with Gasteiger partial charge in [-0.15, -0.1) is 0 Å². The van der Waals surface area contributed by atoms with E-state index >= 15 is 0 Å². The Bertz CT molecular complexity index is 778. The molecular formula is C20H21N3OS. The van der Waals surface area contributed by atoms with Crippen molar-refractivity contribution < 1.29 is 4.79 Å². The van der Waals surface area contributed by atoms with Gasteiger partial charge in [-0.2, -0.15) is 0 Å². The molecule has 0 atom stereocenters. The first-order valence-corrected chi connectivity index (χ1v) is 9.11. The van der Waals surface area contributed by atoms with Crippen LogP contribution in [-0.4, -0.2) is 33.2 Å². The SMILES string of the molecule is CN(C(=O)CSc1nccn1C)C(c1ccccc1)c1ccccc1. The van der Waals surface area contributed by atoms with Gasteiger partial charge in [0.1, 0.15) is 0 Å². The first-order chi connectivity index (χ1) is 12.2. The lowest BCUT2D eigenvalue weighted by Gasteiger charge is -2.29. The average molecular weight is 351 g/mol. The second-order valence-electron chi connectivity index (χ2n) is 5.84. The normalized spacial score (nSPS) is 10.8. The number of amides is 1. The predicted molar refractivity (Wildman–Crippen MR) is 101 cm³/mol. The van der Waals surface area contributed by atoms with Crippen LogP contribution in [-0.2, 0) is 11.8 Å². The van der Waals surface area contributed by atoms with E-state index in [1.165, 1.54) is 11.8 Å². The maximum Gasteiger partial charge on any atom is 0.233 e. The molecule has 1 heterocycles. The molecule has 3 aromatic rings. The molecule has 2 aromatic carbocycles. The minimum atomic E-state index is -0.100. The van der Waals surface area contributed by atoms with E-state index in [-0.39, 0.29) is 11.9 Å². The lowest BCUT2D eigenvalue weighted by atomic mass is 9.97. The molecule has 5 heteroatoms. The van der Waals surface area contributed by atoms with Crippen molar-refractivity contribution in [3.63, 3.8) is 0 Å². The van der Waals surface area contributed by atoms with Gasteiger partial charge in [-0.25, -0.2) is 4.98 Å². The van der Waals surface area contributed by atoms with E-state index in [1.54, 1.807) is 6.20 Å². The Kier molecular flexibility index (Phi) is 5.56. The zero-order valence-corrected chi connectivity index (χ0v) is 15.2. The smallest absolute Gasteiger partial charge is 0.233 e. The summed E-state index contributed by atoms with van der Waals surface area (Å²) in [4.78, 5) is 18.9. The minimum absolute atomic E-state index is 0.0747. The molecule has 0 saturated carbocycles. The molecule has 25 heavy (non-hydrogen) atoms. The number of hydrogen-bond acceptors (Lipinski definition) is 3. The van der Waals surface area contributed by atoms with Gasteiger partial charge < -0.3 is 9.47 Å². The van der Waals surface area contributed by atoms with E-state index in [4.69, 9.17) is 0 Å². The van der Waals surface area contributed by atoms with Crippen molar-refractivity contribution in [1.82, 2.24) is 14.5 Å². The third-order valence-corrected chi connectivity index (χ3v) is 5.16. The number of carbonyl (C=O) groups is 1. The third-order valence-electron chi connectivity index (χ3n) is 4.11. The Labute approximate surface area is 152 Å². The molecule has 4 nitrogen and oxygen atoms in total. The monoisotopic (exact) mass is 351 g/mol. The molecule has 0 unspecified atom stereocenters. The Morgan fingerprint density at radius 1 is 1.08 bits per heavy atom. The van der Waals surface area contributed by atoms with E-state index in [0.29, 0.717) is 5.75 Å². The van der Waals surface area contributed by atoms with Gasteiger partial charge in [0.05, 0.1) is 11.8 Å². The summed E-state index contributed by atoms with van der Waals surface area (Å²) in [6, 6.07) is 20.2. The standard InChI is InChI=1S/C20H21N3OS/c1-22-14-13-21-20(22)25-15-18(24)23(2)19(16-9-5-3-6-10-16)17-11-7-4-8-12-17/h3-14,19H,15H2,1-2H3. The number of thioether (sulfide) groups is 1. The molecule has 0 N–H and O–H groups in total. The number of imidazole rings is 1. The van der Waals surface area contributed by atoms with Gasteiger partial charge in [0, 0.05) is 26.5 Å². The van der Waals surface area contributed by atoms with Crippen molar-refractivity contribution in [3.05, 3.63) is 84.2 Å². The van der Waals surface area contributed by atoms with Gasteiger partial charge in [0.2, 0.25) is 5.91 Å². The quantitative estimate of drug-likeness (QED) is 0.635. The van der Waals surface area contributed by atoms with Crippen molar-refractivity contribution in [2.24, 2.45) is 7.05 Å². The molecular weight excluding hydrogens is 330 g/mol. The molecule has 0 bridgehead atoms. The van der Waals surface area contributed by atoms with E-state index in [2.05, 4.69) is 29.2 Å². The van der Waals surface area contributed by atoms with Crippen LogP contribution in [0.5, 0.6) is 0 Å². The minimum Gasteiger partial charge on any atom is -0.334 e. The Balaban J connectivity index is 1.80. The maximum absolute atomic E-state index is 12.8. The summed E-state index contributed by atoms with van der Waals surface area (Å²) in [6.07, 6.45) is 3.63.